The molecule has 2 nitrogen and oxygen atoms in total. The van der Waals surface area contributed by atoms with Crippen LogP contribution in [0.1, 0.15) is 16.7 Å². The Morgan fingerprint density at radius 1 is 0.882 bits per heavy atom. The number of rotatable bonds is 1. The molecule has 17 heavy (non-hydrogen) atoms. The summed E-state index contributed by atoms with van der Waals surface area (Å²) in [5.74, 6) is 0.499. The first-order valence-electron chi connectivity index (χ1n) is 5.60. The zero-order chi connectivity index (χ0) is 12.6. The Morgan fingerprint density at radius 2 is 1.59 bits per heavy atom. The van der Waals surface area contributed by atoms with Gasteiger partial charge in [0.05, 0.1) is 0 Å². The molecule has 0 saturated carbocycles. The van der Waals surface area contributed by atoms with E-state index in [1.807, 2.05) is 32.9 Å². The second-order valence-corrected chi connectivity index (χ2v) is 4.41. The molecule has 0 unspecified atom stereocenters. The summed E-state index contributed by atoms with van der Waals surface area (Å²) in [4.78, 5) is 0. The van der Waals surface area contributed by atoms with E-state index in [0.29, 0.717) is 5.75 Å². The van der Waals surface area contributed by atoms with Crippen LogP contribution in [0.5, 0.6) is 11.5 Å². The fourth-order valence-electron chi connectivity index (χ4n) is 2.09. The fourth-order valence-corrected chi connectivity index (χ4v) is 2.09. The van der Waals surface area contributed by atoms with Crippen molar-refractivity contribution in [2.75, 3.05) is 0 Å². The van der Waals surface area contributed by atoms with Gasteiger partial charge in [0, 0.05) is 5.56 Å². The molecular formula is C15H16O2. The molecule has 0 atom stereocenters. The lowest BCUT2D eigenvalue weighted by Gasteiger charge is -2.14. The Hall–Kier alpha value is -1.96. The summed E-state index contributed by atoms with van der Waals surface area (Å²) in [6.07, 6.45) is 0. The molecule has 0 radical (unpaired) electrons. The molecule has 2 N–H and O–H groups in total. The molecule has 0 aliphatic rings. The normalized spacial score (nSPS) is 10.5. The molecule has 0 spiro atoms. The van der Waals surface area contributed by atoms with Crippen LogP contribution >= 0.6 is 0 Å². The van der Waals surface area contributed by atoms with Crippen LogP contribution in [0.4, 0.5) is 0 Å². The minimum Gasteiger partial charge on any atom is -0.508 e. The second kappa shape index (κ2) is 4.13. The first-order chi connectivity index (χ1) is 8.00. The smallest absolute Gasteiger partial charge is 0.126 e. The van der Waals surface area contributed by atoms with Crippen molar-refractivity contribution in [3.8, 4) is 22.6 Å². The van der Waals surface area contributed by atoms with Crippen LogP contribution in [-0.2, 0) is 0 Å². The second-order valence-electron chi connectivity index (χ2n) is 4.41. The topological polar surface area (TPSA) is 40.5 Å². The van der Waals surface area contributed by atoms with Crippen molar-refractivity contribution >= 4 is 0 Å². The van der Waals surface area contributed by atoms with Crippen molar-refractivity contribution in [3.63, 3.8) is 0 Å². The lowest BCUT2D eigenvalue weighted by Crippen LogP contribution is -1.91. The summed E-state index contributed by atoms with van der Waals surface area (Å²) < 4.78 is 0. The van der Waals surface area contributed by atoms with Gasteiger partial charge in [-0.15, -0.1) is 0 Å². The Morgan fingerprint density at radius 3 is 2.24 bits per heavy atom. The highest BCUT2D eigenvalue weighted by molar-refractivity contribution is 5.77. The van der Waals surface area contributed by atoms with E-state index in [-0.39, 0.29) is 5.75 Å². The summed E-state index contributed by atoms with van der Waals surface area (Å²) in [5, 5.41) is 19.7. The SMILES string of the molecule is Cc1cc(C)c(O)c(-c2cccc(O)c2)c1C. The van der Waals surface area contributed by atoms with Gasteiger partial charge in [0.2, 0.25) is 0 Å². The molecule has 2 rings (SSSR count). The van der Waals surface area contributed by atoms with Crippen LogP contribution in [0, 0.1) is 20.8 Å². The highest BCUT2D eigenvalue weighted by atomic mass is 16.3. The monoisotopic (exact) mass is 228 g/mol. The van der Waals surface area contributed by atoms with Gasteiger partial charge >= 0.3 is 0 Å². The summed E-state index contributed by atoms with van der Waals surface area (Å²) in [6.45, 7) is 5.88. The lowest BCUT2D eigenvalue weighted by atomic mass is 9.93. The first kappa shape index (κ1) is 11.5. The van der Waals surface area contributed by atoms with E-state index in [1.54, 1.807) is 18.2 Å². The number of phenols is 2. The average Bonchev–Trinajstić information content (AvgIpc) is 2.27. The lowest BCUT2D eigenvalue weighted by molar-refractivity contribution is 0.471. The summed E-state index contributed by atoms with van der Waals surface area (Å²) in [5.41, 5.74) is 4.67. The quantitative estimate of drug-likeness (QED) is 0.781. The third-order valence-corrected chi connectivity index (χ3v) is 3.14. The molecule has 0 bridgehead atoms. The summed E-state index contributed by atoms with van der Waals surface area (Å²) in [7, 11) is 0. The molecule has 2 aromatic rings. The summed E-state index contributed by atoms with van der Waals surface area (Å²) >= 11 is 0. The maximum absolute atomic E-state index is 10.2. The van der Waals surface area contributed by atoms with E-state index in [4.69, 9.17) is 0 Å². The standard InChI is InChI=1S/C15H16O2/c1-9-7-10(2)15(17)14(11(9)3)12-5-4-6-13(16)8-12/h4-8,16-17H,1-3H3. The van der Waals surface area contributed by atoms with Gasteiger partial charge in [0.1, 0.15) is 11.5 Å². The predicted molar refractivity (Wildman–Crippen MR) is 69.4 cm³/mol. The predicted octanol–water partition coefficient (Wildman–Crippen LogP) is 3.69. The average molecular weight is 228 g/mol. The number of aromatic hydroxyl groups is 2. The highest BCUT2D eigenvalue weighted by Crippen LogP contribution is 2.37. The van der Waals surface area contributed by atoms with Gasteiger partial charge in [0.15, 0.2) is 0 Å². The summed E-state index contributed by atoms with van der Waals surface area (Å²) in [6, 6.07) is 8.93. The van der Waals surface area contributed by atoms with Gasteiger partial charge in [-0.05, 0) is 55.2 Å². The Labute approximate surface area is 101 Å². The molecule has 0 heterocycles. The van der Waals surface area contributed by atoms with Gasteiger partial charge in [0.25, 0.3) is 0 Å². The molecule has 0 aromatic heterocycles. The zero-order valence-electron chi connectivity index (χ0n) is 10.3. The van der Waals surface area contributed by atoms with Gasteiger partial charge in [-0.25, -0.2) is 0 Å². The van der Waals surface area contributed by atoms with E-state index in [1.165, 1.54) is 0 Å². The third kappa shape index (κ3) is 1.98. The van der Waals surface area contributed by atoms with Gasteiger partial charge in [-0.2, -0.15) is 0 Å². The zero-order valence-corrected chi connectivity index (χ0v) is 10.3. The van der Waals surface area contributed by atoms with Gasteiger partial charge in [-0.3, -0.25) is 0 Å². The highest BCUT2D eigenvalue weighted by Gasteiger charge is 2.12. The fraction of sp³-hybridized carbons (Fsp3) is 0.200. The Kier molecular flexibility index (Phi) is 2.80. The van der Waals surface area contributed by atoms with Crippen LogP contribution in [0.3, 0.4) is 0 Å². The number of hydrogen-bond acceptors (Lipinski definition) is 2. The number of aryl methyl sites for hydroxylation is 2. The molecule has 0 amide bonds. The van der Waals surface area contributed by atoms with Gasteiger partial charge < -0.3 is 10.2 Å². The maximum atomic E-state index is 10.2. The number of phenolic OH excluding ortho intramolecular Hbond substituents is 2. The molecule has 0 saturated heterocycles. The molecule has 0 fully saturated rings. The van der Waals surface area contributed by atoms with Crippen molar-refractivity contribution in [1.82, 2.24) is 0 Å². The van der Waals surface area contributed by atoms with E-state index < -0.39 is 0 Å². The largest absolute Gasteiger partial charge is 0.508 e. The third-order valence-electron chi connectivity index (χ3n) is 3.14. The van der Waals surface area contributed by atoms with Crippen LogP contribution in [0.2, 0.25) is 0 Å². The van der Waals surface area contributed by atoms with Crippen molar-refractivity contribution in [2.24, 2.45) is 0 Å². The Balaban J connectivity index is 2.75. The molecule has 0 aliphatic heterocycles. The molecule has 88 valence electrons. The van der Waals surface area contributed by atoms with Crippen molar-refractivity contribution in [1.29, 1.82) is 0 Å². The molecule has 2 heteroatoms. The van der Waals surface area contributed by atoms with E-state index in [0.717, 1.165) is 27.8 Å². The van der Waals surface area contributed by atoms with Crippen LogP contribution in [0.25, 0.3) is 11.1 Å². The molecule has 0 aliphatic carbocycles. The van der Waals surface area contributed by atoms with Crippen molar-refractivity contribution in [2.45, 2.75) is 20.8 Å². The Bertz CT molecular complexity index is 545. The van der Waals surface area contributed by atoms with Crippen molar-refractivity contribution < 1.29 is 10.2 Å². The van der Waals surface area contributed by atoms with Crippen LogP contribution < -0.4 is 0 Å². The van der Waals surface area contributed by atoms with Crippen LogP contribution in [0.15, 0.2) is 30.3 Å². The first-order valence-corrected chi connectivity index (χ1v) is 5.60. The van der Waals surface area contributed by atoms with E-state index >= 15 is 0 Å². The van der Waals surface area contributed by atoms with E-state index in [2.05, 4.69) is 0 Å². The van der Waals surface area contributed by atoms with Crippen molar-refractivity contribution in [3.05, 3.63) is 47.0 Å². The molecular weight excluding hydrogens is 212 g/mol. The maximum Gasteiger partial charge on any atom is 0.126 e. The minimum atomic E-state index is 0.209. The molecule has 2 aromatic carbocycles. The minimum absolute atomic E-state index is 0.209. The van der Waals surface area contributed by atoms with E-state index in [9.17, 15) is 10.2 Å². The number of benzene rings is 2. The van der Waals surface area contributed by atoms with Crippen LogP contribution in [-0.4, -0.2) is 10.2 Å². The van der Waals surface area contributed by atoms with Gasteiger partial charge in [-0.1, -0.05) is 18.2 Å². The number of hydrogen-bond donors (Lipinski definition) is 2.